The highest BCUT2D eigenvalue weighted by Crippen LogP contribution is 2.27. The zero-order valence-electron chi connectivity index (χ0n) is 20.0. The minimum absolute atomic E-state index is 0.112. The summed E-state index contributed by atoms with van der Waals surface area (Å²) < 4.78 is 5.75. The van der Waals surface area contributed by atoms with E-state index in [1.54, 1.807) is 0 Å². The van der Waals surface area contributed by atoms with Gasteiger partial charge < -0.3 is 15.0 Å². The Bertz CT molecular complexity index is 1080. The van der Waals surface area contributed by atoms with E-state index in [4.69, 9.17) is 9.72 Å². The lowest BCUT2D eigenvalue weighted by molar-refractivity contribution is 0.0946. The molecule has 2 heterocycles. The van der Waals surface area contributed by atoms with Gasteiger partial charge in [-0.05, 0) is 82.3 Å². The number of fused-ring (bicyclic) bond motifs is 1. The molecule has 3 aromatic rings. The molecule has 1 saturated heterocycles. The molecule has 1 amide bonds. The summed E-state index contributed by atoms with van der Waals surface area (Å²) in [5.74, 6) is 0.718. The first-order valence-electron chi connectivity index (χ1n) is 12.2. The SMILES string of the molecule is CC(C)Oc1ccc(-c2cc3ccccc3c(C(=O)NCCCN3CCCCC3C)n2)cc1. The smallest absolute Gasteiger partial charge is 0.270 e. The molecule has 0 spiro atoms. The number of aromatic nitrogens is 1. The third-order valence-corrected chi connectivity index (χ3v) is 6.33. The van der Waals surface area contributed by atoms with E-state index in [0.29, 0.717) is 18.3 Å². The first-order valence-corrected chi connectivity index (χ1v) is 12.2. The number of piperidine rings is 1. The number of likely N-dealkylation sites (tertiary alicyclic amines) is 1. The van der Waals surface area contributed by atoms with Crippen LogP contribution >= 0.6 is 0 Å². The van der Waals surface area contributed by atoms with E-state index in [-0.39, 0.29) is 12.0 Å². The van der Waals surface area contributed by atoms with Gasteiger partial charge in [0.1, 0.15) is 11.4 Å². The third-order valence-electron chi connectivity index (χ3n) is 6.33. The Morgan fingerprint density at radius 3 is 2.70 bits per heavy atom. The van der Waals surface area contributed by atoms with Crippen molar-refractivity contribution in [2.75, 3.05) is 19.6 Å². The molecule has 1 aliphatic heterocycles. The van der Waals surface area contributed by atoms with Crippen LogP contribution in [0.15, 0.2) is 54.6 Å². The van der Waals surface area contributed by atoms with Crippen molar-refractivity contribution in [1.29, 1.82) is 0 Å². The summed E-state index contributed by atoms with van der Waals surface area (Å²) in [5, 5.41) is 5.00. The van der Waals surface area contributed by atoms with Gasteiger partial charge in [-0.2, -0.15) is 0 Å². The minimum atomic E-state index is -0.112. The standard InChI is InChI=1S/C28H35N3O2/c1-20(2)33-24-14-12-22(13-15-24)26-19-23-10-4-5-11-25(23)27(30-26)28(32)29-16-8-18-31-17-7-6-9-21(31)3/h4-5,10-15,19-21H,6-9,16-18H2,1-3H3,(H,29,32). The topological polar surface area (TPSA) is 54.5 Å². The molecule has 4 rings (SSSR count). The summed E-state index contributed by atoms with van der Waals surface area (Å²) in [6, 6.07) is 18.5. The summed E-state index contributed by atoms with van der Waals surface area (Å²) in [4.78, 5) is 20.4. The zero-order chi connectivity index (χ0) is 23.2. The Labute approximate surface area is 197 Å². The Morgan fingerprint density at radius 1 is 1.15 bits per heavy atom. The van der Waals surface area contributed by atoms with E-state index in [2.05, 4.69) is 17.1 Å². The van der Waals surface area contributed by atoms with Gasteiger partial charge in [-0.3, -0.25) is 4.79 Å². The van der Waals surface area contributed by atoms with E-state index >= 15 is 0 Å². The molecule has 5 nitrogen and oxygen atoms in total. The number of carbonyl (C=O) groups excluding carboxylic acids is 1. The van der Waals surface area contributed by atoms with Crippen molar-refractivity contribution in [1.82, 2.24) is 15.2 Å². The Kier molecular flexibility index (Phi) is 7.61. The van der Waals surface area contributed by atoms with Crippen molar-refractivity contribution in [2.45, 2.75) is 58.6 Å². The Hall–Kier alpha value is -2.92. The van der Waals surface area contributed by atoms with E-state index in [1.807, 2.05) is 68.4 Å². The molecule has 0 saturated carbocycles. The van der Waals surface area contributed by atoms with Gasteiger partial charge >= 0.3 is 0 Å². The van der Waals surface area contributed by atoms with Crippen molar-refractivity contribution in [2.24, 2.45) is 0 Å². The molecule has 5 heteroatoms. The molecule has 2 aromatic carbocycles. The fourth-order valence-corrected chi connectivity index (χ4v) is 4.55. The Morgan fingerprint density at radius 2 is 1.94 bits per heavy atom. The third kappa shape index (κ3) is 5.91. The second-order valence-corrected chi connectivity index (χ2v) is 9.26. The maximum atomic E-state index is 13.1. The van der Waals surface area contributed by atoms with Gasteiger partial charge in [0.05, 0.1) is 11.8 Å². The average molecular weight is 446 g/mol. The summed E-state index contributed by atoms with van der Waals surface area (Å²) in [7, 11) is 0. The van der Waals surface area contributed by atoms with Crippen LogP contribution in [0.5, 0.6) is 5.75 Å². The maximum Gasteiger partial charge on any atom is 0.270 e. The highest BCUT2D eigenvalue weighted by molar-refractivity contribution is 6.06. The number of nitrogens with one attached hydrogen (secondary N) is 1. The number of benzene rings is 2. The van der Waals surface area contributed by atoms with Crippen LogP contribution in [0.4, 0.5) is 0 Å². The average Bonchev–Trinajstić information content (AvgIpc) is 2.82. The van der Waals surface area contributed by atoms with Crippen LogP contribution in [-0.4, -0.2) is 47.6 Å². The summed E-state index contributed by atoms with van der Waals surface area (Å²) >= 11 is 0. The maximum absolute atomic E-state index is 13.1. The molecule has 1 aliphatic rings. The predicted octanol–water partition coefficient (Wildman–Crippen LogP) is 5.68. The summed E-state index contributed by atoms with van der Waals surface area (Å²) in [6.45, 7) is 9.18. The Balaban J connectivity index is 1.48. The zero-order valence-corrected chi connectivity index (χ0v) is 20.0. The molecule has 0 radical (unpaired) electrons. The quantitative estimate of drug-likeness (QED) is 0.453. The summed E-state index contributed by atoms with van der Waals surface area (Å²) in [6.07, 6.45) is 4.97. The van der Waals surface area contributed by atoms with Crippen LogP contribution in [0.3, 0.4) is 0 Å². The molecular weight excluding hydrogens is 410 g/mol. The normalized spacial score (nSPS) is 16.8. The van der Waals surface area contributed by atoms with Gasteiger partial charge in [-0.25, -0.2) is 4.98 Å². The van der Waals surface area contributed by atoms with E-state index in [1.165, 1.54) is 25.8 Å². The highest BCUT2D eigenvalue weighted by atomic mass is 16.5. The van der Waals surface area contributed by atoms with Crippen molar-refractivity contribution in [3.8, 4) is 17.0 Å². The summed E-state index contributed by atoms with van der Waals surface area (Å²) in [5.41, 5.74) is 2.24. The molecule has 174 valence electrons. The molecule has 33 heavy (non-hydrogen) atoms. The number of ether oxygens (including phenoxy) is 1. The lowest BCUT2D eigenvalue weighted by atomic mass is 10.0. The van der Waals surface area contributed by atoms with Crippen LogP contribution in [0.1, 0.15) is 56.9 Å². The number of hydrogen-bond acceptors (Lipinski definition) is 4. The molecule has 1 N–H and O–H groups in total. The number of amides is 1. The number of hydrogen-bond donors (Lipinski definition) is 1. The van der Waals surface area contributed by atoms with Gasteiger partial charge in [0.15, 0.2) is 0 Å². The minimum Gasteiger partial charge on any atom is -0.491 e. The van der Waals surface area contributed by atoms with E-state index in [0.717, 1.165) is 40.7 Å². The van der Waals surface area contributed by atoms with Crippen molar-refractivity contribution in [3.63, 3.8) is 0 Å². The largest absolute Gasteiger partial charge is 0.491 e. The van der Waals surface area contributed by atoms with Crippen LogP contribution in [0, 0.1) is 0 Å². The van der Waals surface area contributed by atoms with Crippen LogP contribution in [0.25, 0.3) is 22.0 Å². The van der Waals surface area contributed by atoms with E-state index in [9.17, 15) is 4.79 Å². The van der Waals surface area contributed by atoms with Crippen LogP contribution in [-0.2, 0) is 0 Å². The van der Waals surface area contributed by atoms with Gasteiger partial charge in [0.25, 0.3) is 5.91 Å². The second kappa shape index (κ2) is 10.8. The van der Waals surface area contributed by atoms with Gasteiger partial charge in [-0.1, -0.05) is 30.7 Å². The lowest BCUT2D eigenvalue weighted by Gasteiger charge is -2.33. The first-order chi connectivity index (χ1) is 16.0. The van der Waals surface area contributed by atoms with E-state index < -0.39 is 0 Å². The fourth-order valence-electron chi connectivity index (χ4n) is 4.55. The first kappa shape index (κ1) is 23.2. The molecule has 1 unspecified atom stereocenters. The fraction of sp³-hybridized carbons (Fsp3) is 0.429. The van der Waals surface area contributed by atoms with Crippen LogP contribution < -0.4 is 10.1 Å². The van der Waals surface area contributed by atoms with Gasteiger partial charge in [0.2, 0.25) is 0 Å². The highest BCUT2D eigenvalue weighted by Gasteiger charge is 2.18. The molecule has 1 fully saturated rings. The van der Waals surface area contributed by atoms with Crippen molar-refractivity contribution in [3.05, 3.63) is 60.3 Å². The monoisotopic (exact) mass is 445 g/mol. The number of rotatable bonds is 8. The van der Waals surface area contributed by atoms with Gasteiger partial charge in [-0.15, -0.1) is 0 Å². The second-order valence-electron chi connectivity index (χ2n) is 9.26. The number of carbonyl (C=O) groups is 1. The molecule has 0 bridgehead atoms. The van der Waals surface area contributed by atoms with Crippen molar-refractivity contribution < 1.29 is 9.53 Å². The number of nitrogens with zero attached hydrogens (tertiary/aromatic N) is 2. The molecule has 1 atom stereocenters. The lowest BCUT2D eigenvalue weighted by Crippen LogP contribution is -2.39. The number of pyridine rings is 1. The van der Waals surface area contributed by atoms with Gasteiger partial charge in [0, 0.05) is 30.1 Å². The predicted molar refractivity (Wildman–Crippen MR) is 135 cm³/mol. The van der Waals surface area contributed by atoms with Crippen molar-refractivity contribution >= 4 is 16.7 Å². The molecule has 1 aromatic heterocycles. The van der Waals surface area contributed by atoms with Crippen LogP contribution in [0.2, 0.25) is 0 Å². The molecule has 0 aliphatic carbocycles. The molecular formula is C28H35N3O2.